The SMILES string of the molecule is CCCCNC(=O)[C@@H](CC)N(Cc1ccc(F)cc1)C(=O)COc1ccccc1OC. The summed E-state index contributed by atoms with van der Waals surface area (Å²) in [5, 5.41) is 2.90. The fraction of sp³-hybridized carbons (Fsp3) is 0.417. The van der Waals surface area contributed by atoms with E-state index < -0.39 is 6.04 Å². The average molecular weight is 431 g/mol. The van der Waals surface area contributed by atoms with Gasteiger partial charge in [0, 0.05) is 13.1 Å². The van der Waals surface area contributed by atoms with Gasteiger partial charge < -0.3 is 19.7 Å². The van der Waals surface area contributed by atoms with Crippen LogP contribution in [0, 0.1) is 5.82 Å². The predicted molar refractivity (Wildman–Crippen MR) is 117 cm³/mol. The molecule has 0 fully saturated rings. The van der Waals surface area contributed by atoms with Crippen molar-refractivity contribution in [2.24, 2.45) is 0 Å². The number of hydrogen-bond acceptors (Lipinski definition) is 4. The minimum atomic E-state index is -0.657. The number of amides is 2. The largest absolute Gasteiger partial charge is 0.493 e. The number of nitrogens with one attached hydrogen (secondary N) is 1. The van der Waals surface area contributed by atoms with Crippen molar-refractivity contribution in [3.8, 4) is 11.5 Å². The van der Waals surface area contributed by atoms with Gasteiger partial charge in [0.15, 0.2) is 18.1 Å². The maximum atomic E-state index is 13.3. The zero-order chi connectivity index (χ0) is 22.6. The van der Waals surface area contributed by atoms with E-state index in [1.54, 1.807) is 30.3 Å². The first kappa shape index (κ1) is 24.2. The van der Waals surface area contributed by atoms with Crippen LogP contribution in [0.25, 0.3) is 0 Å². The molecular weight excluding hydrogens is 399 g/mol. The minimum absolute atomic E-state index is 0.175. The molecule has 2 rings (SSSR count). The van der Waals surface area contributed by atoms with Gasteiger partial charge in [-0.2, -0.15) is 0 Å². The summed E-state index contributed by atoms with van der Waals surface area (Å²) in [5.41, 5.74) is 0.729. The molecule has 0 aromatic heterocycles. The third-order valence-electron chi connectivity index (χ3n) is 4.90. The molecule has 2 amide bonds. The number of rotatable bonds is 12. The number of unbranched alkanes of at least 4 members (excludes halogenated alkanes) is 1. The Kier molecular flexibility index (Phi) is 9.81. The third kappa shape index (κ3) is 7.27. The predicted octanol–water partition coefficient (Wildman–Crippen LogP) is 3.94. The van der Waals surface area contributed by atoms with Crippen molar-refractivity contribution < 1.29 is 23.5 Å². The fourth-order valence-electron chi connectivity index (χ4n) is 3.17. The van der Waals surface area contributed by atoms with E-state index in [0.717, 1.165) is 18.4 Å². The van der Waals surface area contributed by atoms with Gasteiger partial charge in [0.1, 0.15) is 11.9 Å². The van der Waals surface area contributed by atoms with Crippen LogP contribution in [0.1, 0.15) is 38.7 Å². The second kappa shape index (κ2) is 12.6. The van der Waals surface area contributed by atoms with E-state index in [9.17, 15) is 14.0 Å². The highest BCUT2D eigenvalue weighted by molar-refractivity contribution is 5.88. The second-order valence-corrected chi connectivity index (χ2v) is 7.16. The summed E-state index contributed by atoms with van der Waals surface area (Å²) in [6.07, 6.45) is 2.27. The van der Waals surface area contributed by atoms with Gasteiger partial charge in [0.2, 0.25) is 5.91 Å². The number of carbonyl (C=O) groups excluding carboxylic acids is 2. The molecule has 2 aromatic carbocycles. The Morgan fingerprint density at radius 1 is 1.06 bits per heavy atom. The fourth-order valence-corrected chi connectivity index (χ4v) is 3.17. The van der Waals surface area contributed by atoms with Gasteiger partial charge in [0.25, 0.3) is 5.91 Å². The van der Waals surface area contributed by atoms with Crippen LogP contribution in [0.2, 0.25) is 0 Å². The molecule has 0 aliphatic rings. The molecule has 1 N–H and O–H groups in total. The molecule has 168 valence electrons. The third-order valence-corrected chi connectivity index (χ3v) is 4.90. The van der Waals surface area contributed by atoms with Gasteiger partial charge in [-0.05, 0) is 42.7 Å². The Balaban J connectivity index is 2.19. The molecular formula is C24H31FN2O4. The van der Waals surface area contributed by atoms with E-state index in [0.29, 0.717) is 24.5 Å². The Morgan fingerprint density at radius 2 is 1.74 bits per heavy atom. The van der Waals surface area contributed by atoms with Crippen LogP contribution in [0.4, 0.5) is 4.39 Å². The average Bonchev–Trinajstić information content (AvgIpc) is 2.79. The monoisotopic (exact) mass is 430 g/mol. The molecule has 0 aliphatic heterocycles. The molecule has 0 bridgehead atoms. The first-order chi connectivity index (χ1) is 15.0. The summed E-state index contributed by atoms with van der Waals surface area (Å²) in [6, 6.07) is 12.3. The number of benzene rings is 2. The molecule has 2 aromatic rings. The topological polar surface area (TPSA) is 67.9 Å². The van der Waals surface area contributed by atoms with Crippen molar-refractivity contribution in [1.29, 1.82) is 0 Å². The van der Waals surface area contributed by atoms with Crippen LogP contribution in [0.3, 0.4) is 0 Å². The van der Waals surface area contributed by atoms with E-state index in [4.69, 9.17) is 9.47 Å². The van der Waals surface area contributed by atoms with Gasteiger partial charge in [0.05, 0.1) is 7.11 Å². The van der Waals surface area contributed by atoms with Crippen molar-refractivity contribution in [1.82, 2.24) is 10.2 Å². The molecule has 0 aliphatic carbocycles. The molecule has 6 nitrogen and oxygen atoms in total. The number of carbonyl (C=O) groups is 2. The molecule has 0 radical (unpaired) electrons. The smallest absolute Gasteiger partial charge is 0.261 e. The van der Waals surface area contributed by atoms with Crippen molar-refractivity contribution >= 4 is 11.8 Å². The normalized spacial score (nSPS) is 11.5. The Labute approximate surface area is 183 Å². The molecule has 0 unspecified atom stereocenters. The number of ether oxygens (including phenoxy) is 2. The lowest BCUT2D eigenvalue weighted by Crippen LogP contribution is -2.50. The van der Waals surface area contributed by atoms with Gasteiger partial charge in [-0.1, -0.05) is 44.5 Å². The van der Waals surface area contributed by atoms with E-state index in [1.807, 2.05) is 19.9 Å². The molecule has 0 saturated heterocycles. The summed E-state index contributed by atoms with van der Waals surface area (Å²) in [7, 11) is 1.53. The summed E-state index contributed by atoms with van der Waals surface area (Å²) in [4.78, 5) is 27.4. The molecule has 1 atom stereocenters. The lowest BCUT2D eigenvalue weighted by atomic mass is 10.1. The number of nitrogens with zero attached hydrogens (tertiary/aromatic N) is 1. The van der Waals surface area contributed by atoms with Crippen LogP contribution >= 0.6 is 0 Å². The van der Waals surface area contributed by atoms with Crippen LogP contribution in [-0.2, 0) is 16.1 Å². The van der Waals surface area contributed by atoms with Crippen LogP contribution in [0.5, 0.6) is 11.5 Å². The first-order valence-corrected chi connectivity index (χ1v) is 10.6. The zero-order valence-corrected chi connectivity index (χ0v) is 18.4. The van der Waals surface area contributed by atoms with E-state index >= 15 is 0 Å². The van der Waals surface area contributed by atoms with Gasteiger partial charge in [-0.3, -0.25) is 9.59 Å². The van der Waals surface area contributed by atoms with Crippen LogP contribution < -0.4 is 14.8 Å². The Morgan fingerprint density at radius 3 is 2.35 bits per heavy atom. The number of halogens is 1. The van der Waals surface area contributed by atoms with Crippen molar-refractivity contribution in [2.75, 3.05) is 20.3 Å². The van der Waals surface area contributed by atoms with Crippen molar-refractivity contribution in [3.05, 3.63) is 59.9 Å². The van der Waals surface area contributed by atoms with Crippen LogP contribution in [0.15, 0.2) is 48.5 Å². The number of para-hydroxylation sites is 2. The highest BCUT2D eigenvalue weighted by Crippen LogP contribution is 2.26. The highest BCUT2D eigenvalue weighted by atomic mass is 19.1. The van der Waals surface area contributed by atoms with Crippen molar-refractivity contribution in [3.63, 3.8) is 0 Å². The zero-order valence-electron chi connectivity index (χ0n) is 18.4. The number of methoxy groups -OCH3 is 1. The van der Waals surface area contributed by atoms with Crippen LogP contribution in [-0.4, -0.2) is 43.0 Å². The number of hydrogen-bond donors (Lipinski definition) is 1. The van der Waals surface area contributed by atoms with E-state index in [2.05, 4.69) is 5.32 Å². The second-order valence-electron chi connectivity index (χ2n) is 7.16. The quantitative estimate of drug-likeness (QED) is 0.518. The Bertz CT molecular complexity index is 842. The Hall–Kier alpha value is -3.09. The summed E-state index contributed by atoms with van der Waals surface area (Å²) < 4.78 is 24.3. The molecule has 31 heavy (non-hydrogen) atoms. The summed E-state index contributed by atoms with van der Waals surface area (Å²) in [5.74, 6) is 0.0622. The first-order valence-electron chi connectivity index (χ1n) is 10.6. The molecule has 0 spiro atoms. The molecule has 0 saturated carbocycles. The van der Waals surface area contributed by atoms with E-state index in [1.165, 1.54) is 24.1 Å². The lowest BCUT2D eigenvalue weighted by molar-refractivity contribution is -0.143. The van der Waals surface area contributed by atoms with E-state index in [-0.39, 0.29) is 30.8 Å². The molecule has 7 heteroatoms. The van der Waals surface area contributed by atoms with Gasteiger partial charge in [-0.15, -0.1) is 0 Å². The maximum absolute atomic E-state index is 13.3. The van der Waals surface area contributed by atoms with Crippen molar-refractivity contribution in [2.45, 2.75) is 45.7 Å². The molecule has 0 heterocycles. The van der Waals surface area contributed by atoms with Gasteiger partial charge in [-0.25, -0.2) is 4.39 Å². The maximum Gasteiger partial charge on any atom is 0.261 e. The summed E-state index contributed by atoms with van der Waals surface area (Å²) in [6.45, 7) is 4.38. The minimum Gasteiger partial charge on any atom is -0.493 e. The van der Waals surface area contributed by atoms with Gasteiger partial charge >= 0.3 is 0 Å². The highest BCUT2D eigenvalue weighted by Gasteiger charge is 2.29. The lowest BCUT2D eigenvalue weighted by Gasteiger charge is -2.30. The standard InChI is InChI=1S/C24H31FN2O4/c1-4-6-15-26-24(29)20(5-2)27(16-18-11-13-19(25)14-12-18)23(28)17-31-22-10-8-7-9-21(22)30-3/h7-14,20H,4-6,15-17H2,1-3H3,(H,26,29)/t20-/m1/s1. The summed E-state index contributed by atoms with van der Waals surface area (Å²) >= 11 is 0.